The Labute approximate surface area is 322 Å². The standard InChI is InChI=1S/C45H36BrNO7/c1-51-47-29-41(53-44(49)38-25-19-35(20-26-38)32-13-7-3-8-14-32)42(54-45(50)39-27-21-36(22-28-39)33-15-9-4-10-16-33)40(46)30-52-43(48)37-23-17-34(18-24-37)31-11-5-2-6-12-31/h2-29,40-42H,30H2,1H3/t40-,41-,42+/m1/s1. The molecule has 0 saturated carbocycles. The first kappa shape index (κ1) is 37.4. The van der Waals surface area contributed by atoms with Gasteiger partial charge in [0.15, 0.2) is 12.2 Å². The molecule has 9 heteroatoms. The van der Waals surface area contributed by atoms with Crippen LogP contribution >= 0.6 is 15.9 Å². The maximum absolute atomic E-state index is 13.7. The molecule has 0 unspecified atom stereocenters. The Hall–Kier alpha value is -6.32. The van der Waals surface area contributed by atoms with Gasteiger partial charge in [0.05, 0.1) is 27.7 Å². The summed E-state index contributed by atoms with van der Waals surface area (Å²) in [6.07, 6.45) is -1.25. The van der Waals surface area contributed by atoms with Crippen molar-refractivity contribution in [3.63, 3.8) is 0 Å². The highest BCUT2D eigenvalue weighted by atomic mass is 79.9. The molecule has 0 spiro atoms. The van der Waals surface area contributed by atoms with E-state index in [4.69, 9.17) is 19.0 Å². The number of esters is 3. The molecule has 0 amide bonds. The van der Waals surface area contributed by atoms with Crippen molar-refractivity contribution in [2.24, 2.45) is 5.16 Å². The van der Waals surface area contributed by atoms with E-state index >= 15 is 0 Å². The molecule has 0 aliphatic heterocycles. The van der Waals surface area contributed by atoms with Crippen LogP contribution in [0.3, 0.4) is 0 Å². The smallest absolute Gasteiger partial charge is 0.338 e. The van der Waals surface area contributed by atoms with Gasteiger partial charge in [0.25, 0.3) is 0 Å². The summed E-state index contributed by atoms with van der Waals surface area (Å²) in [7, 11) is 1.34. The second-order valence-corrected chi connectivity index (χ2v) is 13.3. The topological polar surface area (TPSA) is 100 Å². The van der Waals surface area contributed by atoms with Crippen molar-refractivity contribution in [1.82, 2.24) is 0 Å². The molecule has 0 aromatic heterocycles. The number of rotatable bonds is 14. The predicted octanol–water partition coefficient (Wildman–Crippen LogP) is 9.69. The number of benzene rings is 6. The molecular weight excluding hydrogens is 746 g/mol. The van der Waals surface area contributed by atoms with E-state index in [2.05, 4.69) is 21.1 Å². The van der Waals surface area contributed by atoms with Gasteiger partial charge in [0, 0.05) is 0 Å². The van der Waals surface area contributed by atoms with Gasteiger partial charge >= 0.3 is 17.9 Å². The molecule has 0 aliphatic carbocycles. The van der Waals surface area contributed by atoms with Crippen molar-refractivity contribution >= 4 is 40.1 Å². The van der Waals surface area contributed by atoms with Crippen LogP contribution in [0.15, 0.2) is 169 Å². The Morgan fingerprint density at radius 1 is 0.519 bits per heavy atom. The minimum Gasteiger partial charge on any atom is -0.461 e. The van der Waals surface area contributed by atoms with Crippen LogP contribution < -0.4 is 0 Å². The van der Waals surface area contributed by atoms with Gasteiger partial charge in [0.2, 0.25) is 0 Å². The van der Waals surface area contributed by atoms with Crippen molar-refractivity contribution < 1.29 is 33.4 Å². The number of hydrogen-bond acceptors (Lipinski definition) is 8. The maximum Gasteiger partial charge on any atom is 0.338 e. The van der Waals surface area contributed by atoms with Gasteiger partial charge in [-0.2, -0.15) is 0 Å². The predicted molar refractivity (Wildman–Crippen MR) is 213 cm³/mol. The largest absolute Gasteiger partial charge is 0.461 e. The first-order chi connectivity index (χ1) is 26.4. The van der Waals surface area contributed by atoms with E-state index in [1.54, 1.807) is 36.4 Å². The van der Waals surface area contributed by atoms with Crippen LogP contribution in [0.1, 0.15) is 31.1 Å². The van der Waals surface area contributed by atoms with Crippen LogP contribution in [-0.2, 0) is 19.0 Å². The summed E-state index contributed by atoms with van der Waals surface area (Å²) in [5.41, 5.74) is 6.67. The summed E-state index contributed by atoms with van der Waals surface area (Å²) in [6, 6.07) is 50.2. The molecule has 6 aromatic rings. The number of carbonyl (C=O) groups is 3. The fourth-order valence-corrected chi connectivity index (χ4v) is 6.20. The molecule has 8 nitrogen and oxygen atoms in total. The Morgan fingerprint density at radius 2 is 0.870 bits per heavy atom. The number of carbonyl (C=O) groups excluding carboxylic acids is 3. The third kappa shape index (κ3) is 9.76. The number of ether oxygens (including phenoxy) is 3. The normalized spacial score (nSPS) is 12.6. The Balaban J connectivity index is 1.21. The van der Waals surface area contributed by atoms with Crippen molar-refractivity contribution in [3.8, 4) is 33.4 Å². The first-order valence-corrected chi connectivity index (χ1v) is 18.1. The Morgan fingerprint density at radius 3 is 1.26 bits per heavy atom. The summed E-state index contributed by atoms with van der Waals surface area (Å²) in [5, 5.41) is 3.86. The molecule has 270 valence electrons. The average Bonchev–Trinajstić information content (AvgIpc) is 3.24. The number of nitrogens with zero attached hydrogens (tertiary/aromatic N) is 1. The highest BCUT2D eigenvalue weighted by Gasteiger charge is 2.36. The van der Waals surface area contributed by atoms with Gasteiger partial charge in [0.1, 0.15) is 13.7 Å². The molecule has 6 aromatic carbocycles. The number of alkyl halides is 1. The molecule has 0 N–H and O–H groups in total. The highest BCUT2D eigenvalue weighted by Crippen LogP contribution is 2.25. The van der Waals surface area contributed by atoms with E-state index < -0.39 is 34.9 Å². The summed E-state index contributed by atoms with van der Waals surface area (Å²) in [4.78, 5) is 44.4. The maximum atomic E-state index is 13.7. The zero-order chi connectivity index (χ0) is 37.7. The summed E-state index contributed by atoms with van der Waals surface area (Å²) in [5.74, 6) is -1.96. The molecule has 0 fully saturated rings. The molecule has 0 heterocycles. The SMILES string of the molecule is CON=C[C@@H](OC(=O)c1ccc(-c2ccccc2)cc1)[C@@H](OC(=O)c1ccc(-c2ccccc2)cc1)[C@H](Br)COC(=O)c1ccc(-c2ccccc2)cc1. The van der Waals surface area contributed by atoms with E-state index in [1.165, 1.54) is 13.3 Å². The lowest BCUT2D eigenvalue weighted by Crippen LogP contribution is -2.44. The third-order valence-electron chi connectivity index (χ3n) is 8.54. The minimum atomic E-state index is -1.26. The number of oxime groups is 1. The van der Waals surface area contributed by atoms with E-state index in [-0.39, 0.29) is 17.7 Å². The van der Waals surface area contributed by atoms with Crippen LogP contribution in [0.5, 0.6) is 0 Å². The van der Waals surface area contributed by atoms with Gasteiger partial charge in [-0.25, -0.2) is 14.4 Å². The minimum absolute atomic E-state index is 0.245. The van der Waals surface area contributed by atoms with Crippen LogP contribution in [0.2, 0.25) is 0 Å². The van der Waals surface area contributed by atoms with Crippen molar-refractivity contribution in [1.29, 1.82) is 0 Å². The summed E-state index contributed by atoms with van der Waals surface area (Å²) >= 11 is 3.56. The summed E-state index contributed by atoms with van der Waals surface area (Å²) < 4.78 is 17.6. The molecule has 3 atom stereocenters. The lowest BCUT2D eigenvalue weighted by atomic mass is 10.0. The molecule has 6 rings (SSSR count). The van der Waals surface area contributed by atoms with Gasteiger partial charge in [-0.3, -0.25) is 0 Å². The average molecular weight is 783 g/mol. The van der Waals surface area contributed by atoms with E-state index in [0.29, 0.717) is 5.56 Å². The fourth-order valence-electron chi connectivity index (χ4n) is 5.65. The van der Waals surface area contributed by atoms with Gasteiger partial charge < -0.3 is 19.0 Å². The van der Waals surface area contributed by atoms with Crippen LogP contribution in [0.25, 0.3) is 33.4 Å². The van der Waals surface area contributed by atoms with E-state index in [0.717, 1.165) is 33.4 Å². The van der Waals surface area contributed by atoms with Crippen molar-refractivity contribution in [3.05, 3.63) is 180 Å². The van der Waals surface area contributed by atoms with Crippen molar-refractivity contribution in [2.45, 2.75) is 17.0 Å². The lowest BCUT2D eigenvalue weighted by Gasteiger charge is -2.28. The quantitative estimate of drug-likeness (QED) is 0.0357. The van der Waals surface area contributed by atoms with Crippen LogP contribution in [0, 0.1) is 0 Å². The second kappa shape index (κ2) is 18.4. The second-order valence-electron chi connectivity index (χ2n) is 12.1. The van der Waals surface area contributed by atoms with Gasteiger partial charge in [-0.1, -0.05) is 148 Å². The van der Waals surface area contributed by atoms with Crippen molar-refractivity contribution in [2.75, 3.05) is 13.7 Å². The molecule has 0 bridgehead atoms. The Bertz CT molecular complexity index is 2160. The lowest BCUT2D eigenvalue weighted by molar-refractivity contribution is -0.0209. The first-order valence-electron chi connectivity index (χ1n) is 17.2. The number of halogens is 1. The van der Waals surface area contributed by atoms with Crippen LogP contribution in [-0.4, -0.2) is 54.9 Å². The van der Waals surface area contributed by atoms with E-state index in [1.807, 2.05) is 127 Å². The zero-order valence-corrected chi connectivity index (χ0v) is 30.9. The zero-order valence-electron chi connectivity index (χ0n) is 29.3. The highest BCUT2D eigenvalue weighted by molar-refractivity contribution is 9.09. The third-order valence-corrected chi connectivity index (χ3v) is 9.32. The van der Waals surface area contributed by atoms with E-state index in [9.17, 15) is 14.4 Å². The molecular formula is C45H36BrNO7. The van der Waals surface area contributed by atoms with Gasteiger partial charge in [-0.15, -0.1) is 0 Å². The van der Waals surface area contributed by atoms with Gasteiger partial charge in [-0.05, 0) is 69.8 Å². The summed E-state index contributed by atoms with van der Waals surface area (Å²) in [6.45, 7) is -0.245. The van der Waals surface area contributed by atoms with Crippen LogP contribution in [0.4, 0.5) is 0 Å². The molecule has 0 radical (unpaired) electrons. The monoisotopic (exact) mass is 781 g/mol. The molecule has 0 aliphatic rings. The molecule has 54 heavy (non-hydrogen) atoms. The Kier molecular flexibility index (Phi) is 12.8. The fraction of sp³-hybridized carbons (Fsp3) is 0.111. The molecule has 0 saturated heterocycles. The number of hydrogen-bond donors (Lipinski definition) is 0.